The fourth-order valence-corrected chi connectivity index (χ4v) is 1.90. The summed E-state index contributed by atoms with van der Waals surface area (Å²) in [5.74, 6) is -0.247. The van der Waals surface area contributed by atoms with Crippen molar-refractivity contribution < 1.29 is 14.3 Å². The second-order valence-electron chi connectivity index (χ2n) is 3.58. The summed E-state index contributed by atoms with van der Waals surface area (Å²) in [6.07, 6.45) is 0.189. The SMILES string of the molecule is CCC(CC)(C(=O)NCCOC(N)=O)C(N)=S. The molecule has 0 rings (SSSR count). The molecule has 17 heavy (non-hydrogen) atoms. The van der Waals surface area contributed by atoms with Crippen LogP contribution in [0.5, 0.6) is 0 Å². The zero-order chi connectivity index (χ0) is 13.5. The van der Waals surface area contributed by atoms with E-state index in [-0.39, 0.29) is 24.0 Å². The van der Waals surface area contributed by atoms with E-state index < -0.39 is 11.5 Å². The maximum absolute atomic E-state index is 12.0. The van der Waals surface area contributed by atoms with Crippen LogP contribution in [0, 0.1) is 5.41 Å². The minimum absolute atomic E-state index is 0.0297. The van der Waals surface area contributed by atoms with Crippen LogP contribution in [0.1, 0.15) is 26.7 Å². The lowest BCUT2D eigenvalue weighted by Gasteiger charge is -2.28. The number of ether oxygens (including phenoxy) is 1. The predicted molar refractivity (Wildman–Crippen MR) is 68.3 cm³/mol. The molecule has 2 amide bonds. The quantitative estimate of drug-likeness (QED) is 0.451. The Morgan fingerprint density at radius 3 is 2.18 bits per heavy atom. The van der Waals surface area contributed by atoms with Crippen LogP contribution in [-0.4, -0.2) is 30.1 Å². The lowest BCUT2D eigenvalue weighted by atomic mass is 9.81. The van der Waals surface area contributed by atoms with Gasteiger partial charge in [0.1, 0.15) is 6.61 Å². The number of thiocarbonyl (C=S) groups is 1. The molecule has 0 saturated carbocycles. The number of hydrogen-bond donors (Lipinski definition) is 3. The Kier molecular flexibility index (Phi) is 6.48. The van der Waals surface area contributed by atoms with Crippen molar-refractivity contribution in [2.24, 2.45) is 16.9 Å². The number of carbonyl (C=O) groups is 2. The van der Waals surface area contributed by atoms with E-state index in [0.29, 0.717) is 12.8 Å². The molecule has 6 nitrogen and oxygen atoms in total. The van der Waals surface area contributed by atoms with Crippen LogP contribution in [-0.2, 0) is 9.53 Å². The molecule has 0 bridgehead atoms. The molecular formula is C10H19N3O3S. The average molecular weight is 261 g/mol. The van der Waals surface area contributed by atoms with Gasteiger partial charge in [-0.25, -0.2) is 4.79 Å². The molecule has 0 radical (unpaired) electrons. The van der Waals surface area contributed by atoms with Crippen molar-refractivity contribution in [2.45, 2.75) is 26.7 Å². The number of primary amides is 1. The summed E-state index contributed by atoms with van der Waals surface area (Å²) >= 11 is 4.94. The molecule has 7 heteroatoms. The fourth-order valence-electron chi connectivity index (χ4n) is 1.52. The second-order valence-corrected chi connectivity index (χ2v) is 4.02. The molecule has 0 spiro atoms. The van der Waals surface area contributed by atoms with Gasteiger partial charge in [0.25, 0.3) is 0 Å². The maximum Gasteiger partial charge on any atom is 0.404 e. The van der Waals surface area contributed by atoms with E-state index >= 15 is 0 Å². The molecule has 0 aromatic heterocycles. The molecule has 0 saturated heterocycles. The van der Waals surface area contributed by atoms with Crippen LogP contribution in [0.25, 0.3) is 0 Å². The van der Waals surface area contributed by atoms with Crippen molar-refractivity contribution in [3.05, 3.63) is 0 Å². The first kappa shape index (κ1) is 15.6. The molecule has 0 fully saturated rings. The zero-order valence-corrected chi connectivity index (χ0v) is 10.9. The molecule has 5 N–H and O–H groups in total. The van der Waals surface area contributed by atoms with E-state index in [4.69, 9.17) is 23.7 Å². The van der Waals surface area contributed by atoms with Crippen LogP contribution in [0.4, 0.5) is 4.79 Å². The minimum Gasteiger partial charge on any atom is -0.448 e. The number of nitrogens with one attached hydrogen (secondary N) is 1. The first-order valence-electron chi connectivity index (χ1n) is 5.41. The van der Waals surface area contributed by atoms with Gasteiger partial charge in [-0.15, -0.1) is 0 Å². The Balaban J connectivity index is 4.35. The van der Waals surface area contributed by atoms with Gasteiger partial charge in [0.15, 0.2) is 0 Å². The highest BCUT2D eigenvalue weighted by Gasteiger charge is 2.37. The lowest BCUT2D eigenvalue weighted by molar-refractivity contribution is -0.128. The molecule has 0 unspecified atom stereocenters. The van der Waals surface area contributed by atoms with Gasteiger partial charge >= 0.3 is 6.09 Å². The molecular weight excluding hydrogens is 242 g/mol. The first-order valence-corrected chi connectivity index (χ1v) is 5.82. The van der Waals surface area contributed by atoms with E-state index in [0.717, 1.165) is 0 Å². The Morgan fingerprint density at radius 1 is 1.29 bits per heavy atom. The van der Waals surface area contributed by atoms with Gasteiger partial charge < -0.3 is 21.5 Å². The highest BCUT2D eigenvalue weighted by atomic mass is 32.1. The van der Waals surface area contributed by atoms with Crippen molar-refractivity contribution in [1.82, 2.24) is 5.32 Å². The summed E-state index contributed by atoms with van der Waals surface area (Å²) in [5, 5.41) is 2.62. The normalized spacial score (nSPS) is 10.7. The van der Waals surface area contributed by atoms with Gasteiger partial charge in [0.05, 0.1) is 16.9 Å². The summed E-state index contributed by atoms with van der Waals surface area (Å²) < 4.78 is 4.49. The largest absolute Gasteiger partial charge is 0.448 e. The highest BCUT2D eigenvalue weighted by Crippen LogP contribution is 2.26. The number of nitrogens with two attached hydrogens (primary N) is 2. The van der Waals surface area contributed by atoms with Gasteiger partial charge in [-0.05, 0) is 12.8 Å². The average Bonchev–Trinajstić information content (AvgIpc) is 2.26. The number of amides is 2. The van der Waals surface area contributed by atoms with Crippen LogP contribution in [0.2, 0.25) is 0 Å². The lowest BCUT2D eigenvalue weighted by Crippen LogP contribution is -2.49. The monoisotopic (exact) mass is 261 g/mol. The Bertz CT molecular complexity index is 303. The zero-order valence-electron chi connectivity index (χ0n) is 10.1. The topological polar surface area (TPSA) is 107 Å². The number of carbonyl (C=O) groups excluding carboxylic acids is 2. The van der Waals surface area contributed by atoms with Crippen LogP contribution in [0.3, 0.4) is 0 Å². The molecule has 98 valence electrons. The summed E-state index contributed by atoms with van der Waals surface area (Å²) in [4.78, 5) is 22.4. The Hall–Kier alpha value is -1.37. The number of hydrogen-bond acceptors (Lipinski definition) is 4. The summed E-state index contributed by atoms with van der Waals surface area (Å²) in [5.41, 5.74) is 9.56. The van der Waals surface area contributed by atoms with Crippen molar-refractivity contribution in [2.75, 3.05) is 13.2 Å². The van der Waals surface area contributed by atoms with Gasteiger partial charge in [-0.3, -0.25) is 4.79 Å². The van der Waals surface area contributed by atoms with E-state index in [9.17, 15) is 9.59 Å². The summed E-state index contributed by atoms with van der Waals surface area (Å²) in [7, 11) is 0. The van der Waals surface area contributed by atoms with E-state index in [2.05, 4.69) is 10.1 Å². The van der Waals surface area contributed by atoms with Crippen LogP contribution in [0.15, 0.2) is 0 Å². The van der Waals surface area contributed by atoms with Crippen LogP contribution < -0.4 is 16.8 Å². The van der Waals surface area contributed by atoms with E-state index in [1.165, 1.54) is 0 Å². The van der Waals surface area contributed by atoms with Gasteiger partial charge in [-0.2, -0.15) is 0 Å². The molecule has 0 aromatic carbocycles. The third kappa shape index (κ3) is 4.18. The standard InChI is InChI=1S/C10H19N3O3S/c1-3-10(4-2,7(11)17)8(14)13-5-6-16-9(12)15/h3-6H2,1-2H3,(H2,11,17)(H2,12,15)(H,13,14). The summed E-state index contributed by atoms with van der Waals surface area (Å²) in [6, 6.07) is 0. The van der Waals surface area contributed by atoms with Crippen molar-refractivity contribution in [1.29, 1.82) is 0 Å². The molecule has 0 heterocycles. The molecule has 0 aliphatic heterocycles. The fraction of sp³-hybridized carbons (Fsp3) is 0.700. The van der Waals surface area contributed by atoms with Crippen molar-refractivity contribution in [3.8, 4) is 0 Å². The number of rotatable bonds is 7. The van der Waals surface area contributed by atoms with Gasteiger partial charge in [-0.1, -0.05) is 26.1 Å². The second kappa shape index (κ2) is 7.05. The summed E-state index contributed by atoms with van der Waals surface area (Å²) in [6.45, 7) is 3.92. The predicted octanol–water partition coefficient (Wildman–Crippen LogP) is 0.290. The van der Waals surface area contributed by atoms with Gasteiger partial charge in [0, 0.05) is 0 Å². The third-order valence-electron chi connectivity index (χ3n) is 2.75. The third-order valence-corrected chi connectivity index (χ3v) is 3.14. The molecule has 0 aliphatic rings. The van der Waals surface area contributed by atoms with Crippen molar-refractivity contribution in [3.63, 3.8) is 0 Å². The Labute approximate surface area is 106 Å². The Morgan fingerprint density at radius 2 is 1.82 bits per heavy atom. The molecule has 0 atom stereocenters. The molecule has 0 aliphatic carbocycles. The van der Waals surface area contributed by atoms with E-state index in [1.54, 1.807) is 0 Å². The van der Waals surface area contributed by atoms with E-state index in [1.807, 2.05) is 13.8 Å². The smallest absolute Gasteiger partial charge is 0.404 e. The maximum atomic E-state index is 12.0. The minimum atomic E-state index is -0.870. The van der Waals surface area contributed by atoms with Gasteiger partial charge in [0.2, 0.25) is 5.91 Å². The van der Waals surface area contributed by atoms with Crippen molar-refractivity contribution >= 4 is 29.2 Å². The highest BCUT2D eigenvalue weighted by molar-refractivity contribution is 7.80. The first-order chi connectivity index (χ1) is 7.90. The molecule has 0 aromatic rings. The van der Waals surface area contributed by atoms with Crippen LogP contribution >= 0.6 is 12.2 Å².